The number of methoxy groups -OCH3 is 1. The first-order valence-corrected chi connectivity index (χ1v) is 11.4. The van der Waals surface area contributed by atoms with Gasteiger partial charge in [-0.3, -0.25) is 4.79 Å². The highest BCUT2D eigenvalue weighted by atomic mass is 16.5. The van der Waals surface area contributed by atoms with Crippen molar-refractivity contribution >= 4 is 34.5 Å². The highest BCUT2D eigenvalue weighted by molar-refractivity contribution is 5.88. The number of hydrogen-bond acceptors (Lipinski definition) is 8. The highest BCUT2D eigenvalue weighted by Gasteiger charge is 2.26. The molecule has 0 radical (unpaired) electrons. The normalized spacial score (nSPS) is 15.9. The summed E-state index contributed by atoms with van der Waals surface area (Å²) in [6.45, 7) is 6.23. The van der Waals surface area contributed by atoms with Crippen molar-refractivity contribution < 1.29 is 14.3 Å². The van der Waals surface area contributed by atoms with E-state index in [-0.39, 0.29) is 11.9 Å². The lowest BCUT2D eigenvalue weighted by Gasteiger charge is -2.33. The molecule has 10 nitrogen and oxygen atoms in total. The smallest absolute Gasteiger partial charge is 0.246 e. The summed E-state index contributed by atoms with van der Waals surface area (Å²) in [5, 5.41) is 3.20. The fourth-order valence-electron chi connectivity index (χ4n) is 3.99. The first-order chi connectivity index (χ1) is 16.4. The standard InChI is InChI=1S/C24H31N7O3/c1-16(2)13-20(32)30-10-4-5-18(14-30)31-15-26-21-22(25)28-24(29-23(21)31)27-17-6-8-19(9-7-17)34-12-11-33-3/h6-9,13,15,18H,4-5,10-12,14H2,1-3H3,(H3,25,27,28,29). The summed E-state index contributed by atoms with van der Waals surface area (Å²) >= 11 is 0. The van der Waals surface area contributed by atoms with Crippen LogP contribution in [0.1, 0.15) is 32.7 Å². The molecule has 1 aromatic carbocycles. The Morgan fingerprint density at radius 1 is 1.24 bits per heavy atom. The van der Waals surface area contributed by atoms with E-state index in [1.165, 1.54) is 0 Å². The maximum atomic E-state index is 12.6. The molecule has 10 heteroatoms. The van der Waals surface area contributed by atoms with Gasteiger partial charge in [-0.15, -0.1) is 0 Å². The van der Waals surface area contributed by atoms with Crippen LogP contribution in [0.15, 0.2) is 42.2 Å². The molecule has 4 rings (SSSR count). The fourth-order valence-corrected chi connectivity index (χ4v) is 3.99. The topological polar surface area (TPSA) is 120 Å². The van der Waals surface area contributed by atoms with E-state index in [1.54, 1.807) is 19.5 Å². The second-order valence-electron chi connectivity index (χ2n) is 8.55. The molecule has 0 aliphatic carbocycles. The molecule has 180 valence electrons. The van der Waals surface area contributed by atoms with Gasteiger partial charge in [-0.05, 0) is 51.0 Å². The Bertz CT molecular complexity index is 1170. The lowest BCUT2D eigenvalue weighted by Crippen LogP contribution is -2.39. The lowest BCUT2D eigenvalue weighted by molar-refractivity contribution is -0.127. The monoisotopic (exact) mass is 465 g/mol. The van der Waals surface area contributed by atoms with E-state index >= 15 is 0 Å². The fraction of sp³-hybridized carbons (Fsp3) is 0.417. The van der Waals surface area contributed by atoms with Crippen molar-refractivity contribution in [2.45, 2.75) is 32.7 Å². The van der Waals surface area contributed by atoms with Crippen molar-refractivity contribution in [2.75, 3.05) is 44.5 Å². The van der Waals surface area contributed by atoms with Crippen LogP contribution < -0.4 is 15.8 Å². The number of imidazole rings is 1. The predicted octanol–water partition coefficient (Wildman–Crippen LogP) is 3.31. The minimum absolute atomic E-state index is 0.0419. The molecule has 1 fully saturated rings. The van der Waals surface area contributed by atoms with Crippen LogP contribution in [0.5, 0.6) is 5.75 Å². The zero-order valence-corrected chi connectivity index (χ0v) is 19.8. The number of piperidine rings is 1. The predicted molar refractivity (Wildman–Crippen MR) is 131 cm³/mol. The number of nitrogen functional groups attached to an aromatic ring is 1. The Hall–Kier alpha value is -3.66. The number of nitrogens with two attached hydrogens (primary N) is 1. The quantitative estimate of drug-likeness (QED) is 0.384. The van der Waals surface area contributed by atoms with Crippen molar-refractivity contribution in [1.82, 2.24) is 24.4 Å². The van der Waals surface area contributed by atoms with Gasteiger partial charge in [0.15, 0.2) is 11.5 Å². The van der Waals surface area contributed by atoms with Gasteiger partial charge in [0.2, 0.25) is 11.9 Å². The molecule has 1 saturated heterocycles. The third kappa shape index (κ3) is 5.45. The van der Waals surface area contributed by atoms with Gasteiger partial charge in [-0.25, -0.2) is 4.98 Å². The van der Waals surface area contributed by atoms with Crippen molar-refractivity contribution in [3.05, 3.63) is 42.2 Å². The van der Waals surface area contributed by atoms with E-state index in [1.807, 2.05) is 47.6 Å². The van der Waals surface area contributed by atoms with Gasteiger partial charge in [-0.1, -0.05) is 5.57 Å². The van der Waals surface area contributed by atoms with Gasteiger partial charge in [0, 0.05) is 32.0 Å². The third-order valence-electron chi connectivity index (χ3n) is 5.63. The molecule has 1 aliphatic heterocycles. The van der Waals surface area contributed by atoms with Crippen LogP contribution in [0.25, 0.3) is 11.2 Å². The van der Waals surface area contributed by atoms with Crippen LogP contribution in [0.4, 0.5) is 17.5 Å². The highest BCUT2D eigenvalue weighted by Crippen LogP contribution is 2.28. The molecule has 3 heterocycles. The number of rotatable bonds is 8. The van der Waals surface area contributed by atoms with Gasteiger partial charge in [0.1, 0.15) is 17.9 Å². The molecule has 1 aliphatic rings. The minimum Gasteiger partial charge on any atom is -0.491 e. The number of fused-ring (bicyclic) bond motifs is 1. The Morgan fingerprint density at radius 2 is 2.03 bits per heavy atom. The number of amides is 1. The van der Waals surface area contributed by atoms with Crippen LogP contribution in [-0.4, -0.2) is 63.7 Å². The zero-order chi connectivity index (χ0) is 24.1. The summed E-state index contributed by atoms with van der Waals surface area (Å²) in [5.41, 5.74) is 9.21. The summed E-state index contributed by atoms with van der Waals surface area (Å²) in [7, 11) is 1.64. The summed E-state index contributed by atoms with van der Waals surface area (Å²) in [4.78, 5) is 28.0. The van der Waals surface area contributed by atoms with Crippen LogP contribution >= 0.6 is 0 Å². The number of nitrogens with one attached hydrogen (secondary N) is 1. The first-order valence-electron chi connectivity index (χ1n) is 11.4. The minimum atomic E-state index is 0.0419. The molecule has 2 aromatic heterocycles. The number of likely N-dealkylation sites (tertiary alicyclic amines) is 1. The second kappa shape index (κ2) is 10.5. The summed E-state index contributed by atoms with van der Waals surface area (Å²) in [6, 6.07) is 7.57. The second-order valence-corrected chi connectivity index (χ2v) is 8.55. The zero-order valence-electron chi connectivity index (χ0n) is 19.8. The van der Waals surface area contributed by atoms with E-state index < -0.39 is 0 Å². The van der Waals surface area contributed by atoms with Crippen molar-refractivity contribution in [3.63, 3.8) is 0 Å². The number of ether oxygens (including phenoxy) is 2. The Morgan fingerprint density at radius 3 is 2.76 bits per heavy atom. The molecule has 0 bridgehead atoms. The van der Waals surface area contributed by atoms with Crippen LogP contribution in [0.3, 0.4) is 0 Å². The van der Waals surface area contributed by atoms with Gasteiger partial charge < -0.3 is 30.0 Å². The molecule has 1 unspecified atom stereocenters. The summed E-state index contributed by atoms with van der Waals surface area (Å²) < 4.78 is 12.6. The largest absolute Gasteiger partial charge is 0.491 e. The molecule has 3 aromatic rings. The number of allylic oxidation sites excluding steroid dienone is 1. The number of carbonyl (C=O) groups excluding carboxylic acids is 1. The molecular formula is C24H31N7O3. The van der Waals surface area contributed by atoms with E-state index in [2.05, 4.69) is 15.3 Å². The number of anilines is 3. The maximum absolute atomic E-state index is 12.6. The maximum Gasteiger partial charge on any atom is 0.246 e. The van der Waals surface area contributed by atoms with Crippen LogP contribution in [0, 0.1) is 0 Å². The molecule has 1 amide bonds. The molecule has 0 spiro atoms. The lowest BCUT2D eigenvalue weighted by atomic mass is 10.1. The van der Waals surface area contributed by atoms with Crippen LogP contribution in [0.2, 0.25) is 0 Å². The van der Waals surface area contributed by atoms with Gasteiger partial charge in [0.05, 0.1) is 19.0 Å². The van der Waals surface area contributed by atoms with Crippen molar-refractivity contribution in [3.8, 4) is 5.75 Å². The van der Waals surface area contributed by atoms with E-state index in [9.17, 15) is 4.79 Å². The molecule has 0 saturated carbocycles. The molecule has 3 N–H and O–H groups in total. The third-order valence-corrected chi connectivity index (χ3v) is 5.63. The first kappa shape index (κ1) is 23.5. The average Bonchev–Trinajstić information content (AvgIpc) is 3.25. The summed E-state index contributed by atoms with van der Waals surface area (Å²) in [6.07, 6.45) is 5.27. The van der Waals surface area contributed by atoms with Gasteiger partial charge in [0.25, 0.3) is 0 Å². The van der Waals surface area contributed by atoms with E-state index in [4.69, 9.17) is 20.2 Å². The molecular weight excluding hydrogens is 434 g/mol. The van der Waals surface area contributed by atoms with E-state index in [0.29, 0.717) is 42.7 Å². The molecule has 1 atom stereocenters. The van der Waals surface area contributed by atoms with Gasteiger partial charge in [-0.2, -0.15) is 9.97 Å². The Labute approximate surface area is 198 Å². The molecule has 34 heavy (non-hydrogen) atoms. The Balaban J connectivity index is 1.53. The van der Waals surface area contributed by atoms with Crippen LogP contribution in [-0.2, 0) is 9.53 Å². The number of benzene rings is 1. The number of aromatic nitrogens is 4. The summed E-state index contributed by atoms with van der Waals surface area (Å²) in [5.74, 6) is 1.48. The SMILES string of the molecule is COCCOc1ccc(Nc2nc(N)c3ncn(C4CCCN(C(=O)C=C(C)C)C4)c3n2)cc1. The Kier molecular flexibility index (Phi) is 7.27. The van der Waals surface area contributed by atoms with Crippen molar-refractivity contribution in [2.24, 2.45) is 0 Å². The van der Waals surface area contributed by atoms with Gasteiger partial charge >= 0.3 is 0 Å². The number of carbonyl (C=O) groups is 1. The number of hydrogen-bond donors (Lipinski definition) is 2. The average molecular weight is 466 g/mol. The number of nitrogens with zero attached hydrogens (tertiary/aromatic N) is 5. The van der Waals surface area contributed by atoms with E-state index in [0.717, 1.165) is 36.4 Å². The van der Waals surface area contributed by atoms with Crippen molar-refractivity contribution in [1.29, 1.82) is 0 Å².